The summed E-state index contributed by atoms with van der Waals surface area (Å²) in [5.41, 5.74) is 2.24. The summed E-state index contributed by atoms with van der Waals surface area (Å²) in [4.78, 5) is 12.3. The first-order valence-corrected chi connectivity index (χ1v) is 7.01. The van der Waals surface area contributed by atoms with Crippen LogP contribution in [0.1, 0.15) is 15.9 Å². The molecule has 3 aromatic rings. The van der Waals surface area contributed by atoms with Gasteiger partial charge < -0.3 is 10.1 Å². The highest BCUT2D eigenvalue weighted by atomic mass is 16.5. The molecule has 2 aromatic carbocycles. The van der Waals surface area contributed by atoms with Gasteiger partial charge in [0.2, 0.25) is 0 Å². The van der Waals surface area contributed by atoms with Gasteiger partial charge in [-0.05, 0) is 46.3 Å². The highest BCUT2D eigenvalue weighted by molar-refractivity contribution is 5.94. The van der Waals surface area contributed by atoms with E-state index >= 15 is 0 Å². The number of nitrogens with zero attached hydrogens (tertiary/aromatic N) is 4. The van der Waals surface area contributed by atoms with E-state index in [4.69, 9.17) is 4.74 Å². The number of hydrogen-bond acceptors (Lipinski definition) is 5. The molecule has 23 heavy (non-hydrogen) atoms. The van der Waals surface area contributed by atoms with Crippen LogP contribution < -0.4 is 10.1 Å². The molecule has 0 fully saturated rings. The molecule has 0 atom stereocenters. The Bertz CT molecular complexity index is 802. The van der Waals surface area contributed by atoms with Crippen molar-refractivity contribution in [1.29, 1.82) is 0 Å². The van der Waals surface area contributed by atoms with Crippen LogP contribution in [0.15, 0.2) is 54.9 Å². The summed E-state index contributed by atoms with van der Waals surface area (Å²) in [6.45, 7) is 0.422. The first-order chi connectivity index (χ1) is 11.3. The second-order valence-electron chi connectivity index (χ2n) is 4.84. The van der Waals surface area contributed by atoms with Gasteiger partial charge in [0.1, 0.15) is 12.1 Å². The summed E-state index contributed by atoms with van der Waals surface area (Å²) in [6, 6.07) is 14.7. The topological polar surface area (TPSA) is 81.9 Å². The molecule has 0 unspecified atom stereocenters. The van der Waals surface area contributed by atoms with Crippen molar-refractivity contribution in [3.05, 3.63) is 66.0 Å². The minimum atomic E-state index is -0.164. The standard InChI is InChI=1S/C16H15N5O2/c1-23-15-7-2-4-12(8-15)10-17-16(22)13-5-3-6-14(9-13)21-11-18-19-20-21/h2-9,11H,10H2,1H3,(H,17,22). The molecule has 0 aliphatic rings. The van der Waals surface area contributed by atoms with Gasteiger partial charge in [0.05, 0.1) is 12.8 Å². The number of nitrogens with one attached hydrogen (secondary N) is 1. The Morgan fingerprint density at radius 1 is 1.22 bits per heavy atom. The van der Waals surface area contributed by atoms with E-state index in [0.29, 0.717) is 12.1 Å². The third kappa shape index (κ3) is 3.52. The first-order valence-electron chi connectivity index (χ1n) is 7.01. The molecule has 0 saturated heterocycles. The number of tetrazole rings is 1. The number of hydrogen-bond donors (Lipinski definition) is 1. The van der Waals surface area contributed by atoms with E-state index in [1.54, 1.807) is 25.3 Å². The van der Waals surface area contributed by atoms with Crippen molar-refractivity contribution in [3.63, 3.8) is 0 Å². The van der Waals surface area contributed by atoms with Crippen LogP contribution in [0.3, 0.4) is 0 Å². The smallest absolute Gasteiger partial charge is 0.251 e. The van der Waals surface area contributed by atoms with Gasteiger partial charge in [-0.15, -0.1) is 5.10 Å². The van der Waals surface area contributed by atoms with Gasteiger partial charge in [-0.2, -0.15) is 0 Å². The van der Waals surface area contributed by atoms with Crippen molar-refractivity contribution < 1.29 is 9.53 Å². The van der Waals surface area contributed by atoms with Crippen molar-refractivity contribution in [2.45, 2.75) is 6.54 Å². The minimum absolute atomic E-state index is 0.164. The number of aromatic nitrogens is 4. The molecule has 0 spiro atoms. The van der Waals surface area contributed by atoms with E-state index in [0.717, 1.165) is 17.0 Å². The van der Waals surface area contributed by atoms with Crippen molar-refractivity contribution in [2.75, 3.05) is 7.11 Å². The lowest BCUT2D eigenvalue weighted by molar-refractivity contribution is 0.0951. The highest BCUT2D eigenvalue weighted by Gasteiger charge is 2.07. The van der Waals surface area contributed by atoms with Crippen LogP contribution in [-0.2, 0) is 6.54 Å². The van der Waals surface area contributed by atoms with Crippen LogP contribution in [0.5, 0.6) is 5.75 Å². The molecule has 0 bridgehead atoms. The molecular weight excluding hydrogens is 294 g/mol. The van der Waals surface area contributed by atoms with Crippen LogP contribution >= 0.6 is 0 Å². The van der Waals surface area contributed by atoms with Crippen LogP contribution in [0.2, 0.25) is 0 Å². The third-order valence-corrected chi connectivity index (χ3v) is 3.31. The van der Waals surface area contributed by atoms with Crippen LogP contribution in [-0.4, -0.2) is 33.2 Å². The van der Waals surface area contributed by atoms with Crippen molar-refractivity contribution in [2.24, 2.45) is 0 Å². The van der Waals surface area contributed by atoms with E-state index < -0.39 is 0 Å². The molecule has 1 N–H and O–H groups in total. The maximum atomic E-state index is 12.3. The van der Waals surface area contributed by atoms with E-state index in [9.17, 15) is 4.79 Å². The van der Waals surface area contributed by atoms with Crippen molar-refractivity contribution >= 4 is 5.91 Å². The molecule has 3 rings (SSSR count). The molecular formula is C16H15N5O2. The predicted octanol–water partition coefficient (Wildman–Crippen LogP) is 1.60. The molecule has 0 aliphatic carbocycles. The van der Waals surface area contributed by atoms with Gasteiger partial charge >= 0.3 is 0 Å². The van der Waals surface area contributed by atoms with Crippen molar-refractivity contribution in [1.82, 2.24) is 25.5 Å². The number of methoxy groups -OCH3 is 1. The average molecular weight is 309 g/mol. The number of benzene rings is 2. The fourth-order valence-electron chi connectivity index (χ4n) is 2.14. The van der Waals surface area contributed by atoms with E-state index in [2.05, 4.69) is 20.8 Å². The van der Waals surface area contributed by atoms with Crippen LogP contribution in [0.4, 0.5) is 0 Å². The second kappa shape index (κ2) is 6.69. The first kappa shape index (κ1) is 14.7. The molecule has 1 amide bonds. The number of rotatable bonds is 5. The maximum Gasteiger partial charge on any atom is 0.251 e. The largest absolute Gasteiger partial charge is 0.497 e. The van der Waals surface area contributed by atoms with Gasteiger partial charge in [-0.25, -0.2) is 4.68 Å². The Kier molecular flexibility index (Phi) is 4.28. The fourth-order valence-corrected chi connectivity index (χ4v) is 2.14. The lowest BCUT2D eigenvalue weighted by Gasteiger charge is -2.08. The zero-order chi connectivity index (χ0) is 16.1. The lowest BCUT2D eigenvalue weighted by atomic mass is 10.1. The predicted molar refractivity (Wildman–Crippen MR) is 83.3 cm³/mol. The Morgan fingerprint density at radius 3 is 2.87 bits per heavy atom. The van der Waals surface area contributed by atoms with Crippen LogP contribution in [0.25, 0.3) is 5.69 Å². The summed E-state index contributed by atoms with van der Waals surface area (Å²) in [7, 11) is 1.61. The molecule has 116 valence electrons. The highest BCUT2D eigenvalue weighted by Crippen LogP contribution is 2.13. The number of ether oxygens (including phenoxy) is 1. The Morgan fingerprint density at radius 2 is 2.09 bits per heavy atom. The molecule has 1 aromatic heterocycles. The van der Waals surface area contributed by atoms with E-state index in [1.165, 1.54) is 11.0 Å². The quantitative estimate of drug-likeness (QED) is 0.774. The van der Waals surface area contributed by atoms with E-state index in [1.807, 2.05) is 30.3 Å². The summed E-state index contributed by atoms with van der Waals surface area (Å²) < 4.78 is 6.67. The fraction of sp³-hybridized carbons (Fsp3) is 0.125. The zero-order valence-corrected chi connectivity index (χ0v) is 12.5. The molecule has 0 radical (unpaired) electrons. The van der Waals surface area contributed by atoms with Gasteiger partial charge in [0.15, 0.2) is 0 Å². The molecule has 7 nitrogen and oxygen atoms in total. The summed E-state index contributed by atoms with van der Waals surface area (Å²) in [6.07, 6.45) is 1.48. The van der Waals surface area contributed by atoms with Gasteiger partial charge in [0, 0.05) is 12.1 Å². The number of carbonyl (C=O) groups excluding carboxylic acids is 1. The van der Waals surface area contributed by atoms with Gasteiger partial charge in [0.25, 0.3) is 5.91 Å². The molecule has 0 aliphatic heterocycles. The monoisotopic (exact) mass is 309 g/mol. The zero-order valence-electron chi connectivity index (χ0n) is 12.5. The van der Waals surface area contributed by atoms with Gasteiger partial charge in [-0.3, -0.25) is 4.79 Å². The number of carbonyl (C=O) groups is 1. The Hall–Kier alpha value is -3.22. The normalized spacial score (nSPS) is 10.3. The molecule has 7 heteroatoms. The average Bonchev–Trinajstić information content (AvgIpc) is 3.14. The maximum absolute atomic E-state index is 12.3. The van der Waals surface area contributed by atoms with Crippen molar-refractivity contribution in [3.8, 4) is 11.4 Å². The summed E-state index contributed by atoms with van der Waals surface area (Å²) >= 11 is 0. The minimum Gasteiger partial charge on any atom is -0.497 e. The third-order valence-electron chi connectivity index (χ3n) is 3.31. The Labute approximate surface area is 132 Å². The van der Waals surface area contributed by atoms with Crippen LogP contribution in [0, 0.1) is 0 Å². The van der Waals surface area contributed by atoms with E-state index in [-0.39, 0.29) is 5.91 Å². The summed E-state index contributed by atoms with van der Waals surface area (Å²) in [5.74, 6) is 0.597. The lowest BCUT2D eigenvalue weighted by Crippen LogP contribution is -2.22. The SMILES string of the molecule is COc1cccc(CNC(=O)c2cccc(-n3cnnn3)c2)c1. The molecule has 0 saturated carbocycles. The summed E-state index contributed by atoms with van der Waals surface area (Å²) in [5, 5.41) is 13.9. The number of amides is 1. The Balaban J connectivity index is 1.70. The molecule has 1 heterocycles. The van der Waals surface area contributed by atoms with Gasteiger partial charge in [-0.1, -0.05) is 18.2 Å². The second-order valence-corrected chi connectivity index (χ2v) is 4.84.